The summed E-state index contributed by atoms with van der Waals surface area (Å²) < 4.78 is 0. The number of aromatic nitrogens is 2. The van der Waals surface area contributed by atoms with E-state index in [-0.39, 0.29) is 5.69 Å². The van der Waals surface area contributed by atoms with Crippen LogP contribution in [0.5, 0.6) is 0 Å². The maximum atomic E-state index is 10.9. The summed E-state index contributed by atoms with van der Waals surface area (Å²) in [6, 6.07) is 0. The molecule has 2 rings (SSSR count). The minimum Gasteiger partial charge on any atom is -0.476 e. The number of hydrogen-bond donors (Lipinski definition) is 1. The van der Waals surface area contributed by atoms with Crippen molar-refractivity contribution in [3.8, 4) is 0 Å². The van der Waals surface area contributed by atoms with E-state index in [1.807, 2.05) is 4.90 Å². The Hall–Kier alpha value is -1.65. The van der Waals surface area contributed by atoms with Crippen molar-refractivity contribution in [2.45, 2.75) is 19.8 Å². The number of carboxylic acids is 1. The number of hydrogen-bond acceptors (Lipinski definition) is 4. The van der Waals surface area contributed by atoms with Crippen LogP contribution in [0.2, 0.25) is 0 Å². The van der Waals surface area contributed by atoms with Gasteiger partial charge in [0.05, 0.1) is 0 Å². The van der Waals surface area contributed by atoms with Crippen molar-refractivity contribution in [2.24, 2.45) is 0 Å². The van der Waals surface area contributed by atoms with Gasteiger partial charge in [-0.3, -0.25) is 0 Å². The van der Waals surface area contributed by atoms with E-state index in [0.717, 1.165) is 25.9 Å². The van der Waals surface area contributed by atoms with Gasteiger partial charge in [0.2, 0.25) is 5.95 Å². The monoisotopic (exact) mass is 207 g/mol. The third-order valence-corrected chi connectivity index (χ3v) is 2.55. The van der Waals surface area contributed by atoms with E-state index in [0.29, 0.717) is 11.5 Å². The highest BCUT2D eigenvalue weighted by Gasteiger charge is 2.17. The molecule has 0 bridgehead atoms. The molecule has 1 fully saturated rings. The van der Waals surface area contributed by atoms with Crippen molar-refractivity contribution in [1.29, 1.82) is 0 Å². The maximum absolute atomic E-state index is 10.9. The highest BCUT2D eigenvalue weighted by Crippen LogP contribution is 2.16. The Morgan fingerprint density at radius 1 is 1.47 bits per heavy atom. The lowest BCUT2D eigenvalue weighted by molar-refractivity contribution is 0.0689. The summed E-state index contributed by atoms with van der Waals surface area (Å²) in [4.78, 5) is 21.1. The van der Waals surface area contributed by atoms with E-state index in [9.17, 15) is 4.79 Å². The number of carbonyl (C=O) groups is 1. The molecule has 2 heterocycles. The van der Waals surface area contributed by atoms with Crippen LogP contribution in [-0.4, -0.2) is 34.1 Å². The normalized spacial score (nSPS) is 15.7. The number of rotatable bonds is 2. The molecule has 1 aliphatic rings. The van der Waals surface area contributed by atoms with Crippen LogP contribution in [-0.2, 0) is 0 Å². The smallest absolute Gasteiger partial charge is 0.354 e. The van der Waals surface area contributed by atoms with E-state index in [2.05, 4.69) is 9.97 Å². The Balaban J connectivity index is 2.33. The first-order valence-corrected chi connectivity index (χ1v) is 5.00. The standard InChI is InChI=1S/C10H13N3O2/c1-7-6-11-10(12-8(7)9(14)15)13-4-2-3-5-13/h6H,2-5H2,1H3,(H,14,15). The Morgan fingerprint density at radius 3 is 2.73 bits per heavy atom. The lowest BCUT2D eigenvalue weighted by Crippen LogP contribution is -2.21. The summed E-state index contributed by atoms with van der Waals surface area (Å²) in [7, 11) is 0. The molecule has 5 heteroatoms. The molecule has 1 saturated heterocycles. The first-order valence-electron chi connectivity index (χ1n) is 5.00. The second-order valence-corrected chi connectivity index (χ2v) is 3.70. The van der Waals surface area contributed by atoms with Crippen molar-refractivity contribution in [1.82, 2.24) is 9.97 Å². The largest absolute Gasteiger partial charge is 0.476 e. The summed E-state index contributed by atoms with van der Waals surface area (Å²) in [6.07, 6.45) is 3.82. The lowest BCUT2D eigenvalue weighted by Gasteiger charge is -2.15. The fourth-order valence-electron chi connectivity index (χ4n) is 1.72. The molecule has 80 valence electrons. The van der Waals surface area contributed by atoms with Crippen molar-refractivity contribution < 1.29 is 9.90 Å². The van der Waals surface area contributed by atoms with Gasteiger partial charge in [0.25, 0.3) is 0 Å². The summed E-state index contributed by atoms with van der Waals surface area (Å²) in [5, 5.41) is 8.92. The molecule has 0 spiro atoms. The van der Waals surface area contributed by atoms with Crippen molar-refractivity contribution in [3.05, 3.63) is 17.5 Å². The molecule has 5 nitrogen and oxygen atoms in total. The van der Waals surface area contributed by atoms with Crippen LogP contribution in [0.25, 0.3) is 0 Å². The molecule has 0 aromatic carbocycles. The van der Waals surface area contributed by atoms with Crippen LogP contribution in [0, 0.1) is 6.92 Å². The summed E-state index contributed by atoms with van der Waals surface area (Å²) in [5.74, 6) is -0.453. The zero-order chi connectivity index (χ0) is 10.8. The molecule has 15 heavy (non-hydrogen) atoms. The Bertz CT molecular complexity index is 386. The average molecular weight is 207 g/mol. The molecule has 0 unspecified atom stereocenters. The zero-order valence-corrected chi connectivity index (χ0v) is 8.60. The fourth-order valence-corrected chi connectivity index (χ4v) is 1.72. The molecule has 1 N–H and O–H groups in total. The van der Waals surface area contributed by atoms with Crippen LogP contribution in [0.1, 0.15) is 28.9 Å². The van der Waals surface area contributed by atoms with Crippen molar-refractivity contribution >= 4 is 11.9 Å². The van der Waals surface area contributed by atoms with Gasteiger partial charge in [-0.05, 0) is 19.8 Å². The van der Waals surface area contributed by atoms with Gasteiger partial charge in [-0.1, -0.05) is 0 Å². The van der Waals surface area contributed by atoms with E-state index in [4.69, 9.17) is 5.11 Å². The Labute approximate surface area is 87.8 Å². The number of nitrogens with zero attached hydrogens (tertiary/aromatic N) is 3. The number of aromatic carboxylic acids is 1. The van der Waals surface area contributed by atoms with Crippen molar-refractivity contribution in [2.75, 3.05) is 18.0 Å². The van der Waals surface area contributed by atoms with Crippen LogP contribution in [0.4, 0.5) is 5.95 Å². The SMILES string of the molecule is Cc1cnc(N2CCCC2)nc1C(=O)O. The van der Waals surface area contributed by atoms with Crippen LogP contribution < -0.4 is 4.90 Å². The summed E-state index contributed by atoms with van der Waals surface area (Å²) in [6.45, 7) is 3.54. The summed E-state index contributed by atoms with van der Waals surface area (Å²) in [5.41, 5.74) is 0.706. The van der Waals surface area contributed by atoms with Gasteiger partial charge in [0, 0.05) is 24.8 Å². The molecule has 1 aliphatic heterocycles. The molecular weight excluding hydrogens is 194 g/mol. The average Bonchev–Trinajstić information content (AvgIpc) is 2.71. The molecule has 0 amide bonds. The molecule has 0 atom stereocenters. The second kappa shape index (κ2) is 3.84. The van der Waals surface area contributed by atoms with E-state index >= 15 is 0 Å². The molecule has 1 aromatic heterocycles. The molecule has 0 saturated carbocycles. The van der Waals surface area contributed by atoms with Gasteiger partial charge in [-0.25, -0.2) is 14.8 Å². The maximum Gasteiger partial charge on any atom is 0.354 e. The summed E-state index contributed by atoms with van der Waals surface area (Å²) >= 11 is 0. The van der Waals surface area contributed by atoms with E-state index in [1.54, 1.807) is 13.1 Å². The van der Waals surface area contributed by atoms with Crippen molar-refractivity contribution in [3.63, 3.8) is 0 Å². The quantitative estimate of drug-likeness (QED) is 0.786. The predicted molar refractivity (Wildman–Crippen MR) is 55.2 cm³/mol. The second-order valence-electron chi connectivity index (χ2n) is 3.70. The van der Waals surface area contributed by atoms with Gasteiger partial charge in [-0.2, -0.15) is 0 Å². The highest BCUT2D eigenvalue weighted by atomic mass is 16.4. The molecule has 0 aliphatic carbocycles. The minimum absolute atomic E-state index is 0.104. The Kier molecular flexibility index (Phi) is 2.53. The van der Waals surface area contributed by atoms with Crippen LogP contribution in [0.3, 0.4) is 0 Å². The van der Waals surface area contributed by atoms with E-state index < -0.39 is 5.97 Å². The van der Waals surface area contributed by atoms with Gasteiger partial charge < -0.3 is 10.0 Å². The zero-order valence-electron chi connectivity index (χ0n) is 8.60. The third-order valence-electron chi connectivity index (χ3n) is 2.55. The number of carboxylic acid groups (broad SMARTS) is 1. The molecule has 0 radical (unpaired) electrons. The number of anilines is 1. The predicted octanol–water partition coefficient (Wildman–Crippen LogP) is 1.08. The van der Waals surface area contributed by atoms with Crippen LogP contribution >= 0.6 is 0 Å². The number of aryl methyl sites for hydroxylation is 1. The topological polar surface area (TPSA) is 66.3 Å². The minimum atomic E-state index is -0.990. The van der Waals surface area contributed by atoms with Gasteiger partial charge in [0.1, 0.15) is 0 Å². The lowest BCUT2D eigenvalue weighted by atomic mass is 10.2. The van der Waals surface area contributed by atoms with Gasteiger partial charge in [-0.15, -0.1) is 0 Å². The highest BCUT2D eigenvalue weighted by molar-refractivity contribution is 5.87. The molecular formula is C10H13N3O2. The van der Waals surface area contributed by atoms with Crippen LogP contribution in [0.15, 0.2) is 6.20 Å². The first kappa shape index (κ1) is 9.89. The van der Waals surface area contributed by atoms with E-state index in [1.165, 1.54) is 0 Å². The van der Waals surface area contributed by atoms with Gasteiger partial charge in [0.15, 0.2) is 5.69 Å². The van der Waals surface area contributed by atoms with Gasteiger partial charge >= 0.3 is 5.97 Å². The third kappa shape index (κ3) is 1.91. The fraction of sp³-hybridized carbons (Fsp3) is 0.500. The Morgan fingerprint density at radius 2 is 2.13 bits per heavy atom. The molecule has 1 aromatic rings. The first-order chi connectivity index (χ1) is 7.18.